The highest BCUT2D eigenvalue weighted by Gasteiger charge is 2.39. The smallest absolute Gasteiger partial charge is 0.224 e. The molecule has 2 fully saturated rings. The van der Waals surface area contributed by atoms with E-state index in [9.17, 15) is 4.79 Å². The molecule has 2 atom stereocenters. The molecule has 0 N–H and O–H groups in total. The summed E-state index contributed by atoms with van der Waals surface area (Å²) >= 11 is 0. The Labute approximate surface area is 142 Å². The molecular weight excluding hydrogens is 302 g/mol. The Morgan fingerprint density at radius 3 is 2.71 bits per heavy atom. The van der Waals surface area contributed by atoms with Gasteiger partial charge in [-0.2, -0.15) is 5.10 Å². The van der Waals surface area contributed by atoms with E-state index < -0.39 is 0 Å². The molecule has 4 rings (SSSR count). The summed E-state index contributed by atoms with van der Waals surface area (Å²) in [4.78, 5) is 14.7. The lowest BCUT2D eigenvalue weighted by Crippen LogP contribution is -2.47. The Morgan fingerprint density at radius 2 is 2.00 bits per heavy atom. The van der Waals surface area contributed by atoms with Crippen LogP contribution in [0.25, 0.3) is 0 Å². The number of carbonyl (C=O) groups is 1. The summed E-state index contributed by atoms with van der Waals surface area (Å²) in [6.45, 7) is 2.00. The molecule has 1 aliphatic carbocycles. The first-order valence-electron chi connectivity index (χ1n) is 8.75. The minimum absolute atomic E-state index is 0.0146. The first-order valence-corrected chi connectivity index (χ1v) is 8.75. The predicted octanol–water partition coefficient (Wildman–Crippen LogP) is 2.65. The second kappa shape index (κ2) is 6.77. The molecule has 0 spiro atoms. The van der Waals surface area contributed by atoms with Crippen LogP contribution in [-0.2, 0) is 16.1 Å². The molecular formula is C19H23N3O2. The van der Waals surface area contributed by atoms with Gasteiger partial charge in [-0.05, 0) is 30.4 Å². The van der Waals surface area contributed by atoms with Crippen molar-refractivity contribution in [3.63, 3.8) is 0 Å². The number of amides is 1. The van der Waals surface area contributed by atoms with Gasteiger partial charge in [-0.1, -0.05) is 30.3 Å². The number of aromatic nitrogens is 2. The Hall–Kier alpha value is -2.14. The maximum atomic E-state index is 12.7. The predicted molar refractivity (Wildman–Crippen MR) is 90.2 cm³/mol. The van der Waals surface area contributed by atoms with Crippen LogP contribution in [0.2, 0.25) is 0 Å². The van der Waals surface area contributed by atoms with Crippen molar-refractivity contribution >= 4 is 5.91 Å². The zero-order valence-corrected chi connectivity index (χ0v) is 13.8. The standard InChI is InChI=1S/C19H23N3O2/c23-19(9-12-22-11-4-10-20-22)21-13-17(15-5-2-1-3-6-15)24-18(14-21)16-7-8-16/h1-6,10-11,16-18H,7-9,12-14H2/t17-,18+/m0/s1. The van der Waals surface area contributed by atoms with E-state index in [-0.39, 0.29) is 18.1 Å². The van der Waals surface area contributed by atoms with Crippen LogP contribution >= 0.6 is 0 Å². The van der Waals surface area contributed by atoms with Crippen LogP contribution in [0.4, 0.5) is 0 Å². The highest BCUT2D eigenvalue weighted by Crippen LogP contribution is 2.39. The van der Waals surface area contributed by atoms with E-state index in [0.29, 0.717) is 25.4 Å². The number of benzene rings is 1. The molecule has 0 bridgehead atoms. The van der Waals surface area contributed by atoms with Gasteiger partial charge < -0.3 is 9.64 Å². The van der Waals surface area contributed by atoms with Crippen molar-refractivity contribution < 1.29 is 9.53 Å². The lowest BCUT2D eigenvalue weighted by atomic mass is 10.0. The summed E-state index contributed by atoms with van der Waals surface area (Å²) in [5, 5.41) is 4.17. The van der Waals surface area contributed by atoms with E-state index in [1.165, 1.54) is 12.8 Å². The molecule has 0 radical (unpaired) electrons. The molecule has 1 aromatic heterocycles. The summed E-state index contributed by atoms with van der Waals surface area (Å²) in [7, 11) is 0. The number of ether oxygens (including phenoxy) is 1. The molecule has 126 valence electrons. The van der Waals surface area contributed by atoms with E-state index in [1.807, 2.05) is 40.0 Å². The maximum Gasteiger partial charge on any atom is 0.224 e. The van der Waals surface area contributed by atoms with E-state index in [4.69, 9.17) is 4.74 Å². The SMILES string of the molecule is O=C(CCn1cccn1)N1C[C@@H](c2ccccc2)O[C@@H](C2CC2)C1. The fraction of sp³-hybridized carbons (Fsp3) is 0.474. The van der Waals surface area contributed by atoms with Gasteiger partial charge in [0.25, 0.3) is 0 Å². The second-order valence-corrected chi connectivity index (χ2v) is 6.73. The molecule has 1 aromatic carbocycles. The summed E-state index contributed by atoms with van der Waals surface area (Å²) < 4.78 is 8.13. The second-order valence-electron chi connectivity index (χ2n) is 6.73. The maximum absolute atomic E-state index is 12.7. The van der Waals surface area contributed by atoms with Crippen molar-refractivity contribution in [1.82, 2.24) is 14.7 Å². The average Bonchev–Trinajstić information content (AvgIpc) is 3.36. The first kappa shape index (κ1) is 15.4. The molecule has 1 amide bonds. The summed E-state index contributed by atoms with van der Waals surface area (Å²) in [5.41, 5.74) is 1.16. The van der Waals surface area contributed by atoms with Crippen LogP contribution in [0, 0.1) is 5.92 Å². The van der Waals surface area contributed by atoms with Crippen LogP contribution < -0.4 is 0 Å². The monoisotopic (exact) mass is 325 g/mol. The fourth-order valence-electron chi connectivity index (χ4n) is 3.37. The van der Waals surface area contributed by atoms with Crippen molar-refractivity contribution in [1.29, 1.82) is 0 Å². The molecule has 5 nitrogen and oxygen atoms in total. The Bertz CT molecular complexity index is 667. The molecule has 24 heavy (non-hydrogen) atoms. The quantitative estimate of drug-likeness (QED) is 0.849. The Kier molecular flexibility index (Phi) is 4.34. The highest BCUT2D eigenvalue weighted by atomic mass is 16.5. The lowest BCUT2D eigenvalue weighted by Gasteiger charge is -2.38. The van der Waals surface area contributed by atoms with Gasteiger partial charge in [0.05, 0.1) is 12.6 Å². The zero-order chi connectivity index (χ0) is 16.4. The Balaban J connectivity index is 1.43. The summed E-state index contributed by atoms with van der Waals surface area (Å²) in [6, 6.07) is 12.1. The third kappa shape index (κ3) is 3.51. The van der Waals surface area contributed by atoms with Crippen LogP contribution in [0.3, 0.4) is 0 Å². The molecule has 1 aliphatic heterocycles. The minimum Gasteiger partial charge on any atom is -0.366 e. The van der Waals surface area contributed by atoms with E-state index in [2.05, 4.69) is 17.2 Å². The molecule has 2 aromatic rings. The minimum atomic E-state index is -0.0146. The largest absolute Gasteiger partial charge is 0.366 e. The van der Waals surface area contributed by atoms with Gasteiger partial charge in [-0.25, -0.2) is 0 Å². The molecule has 5 heteroatoms. The van der Waals surface area contributed by atoms with Crippen molar-refractivity contribution in [3.8, 4) is 0 Å². The third-order valence-corrected chi connectivity index (χ3v) is 4.91. The van der Waals surface area contributed by atoms with Crippen molar-refractivity contribution in [2.45, 2.75) is 38.0 Å². The molecule has 2 heterocycles. The number of hydrogen-bond donors (Lipinski definition) is 0. The third-order valence-electron chi connectivity index (χ3n) is 4.91. The van der Waals surface area contributed by atoms with Gasteiger partial charge in [0, 0.05) is 31.9 Å². The average molecular weight is 325 g/mol. The van der Waals surface area contributed by atoms with Crippen molar-refractivity contribution in [2.75, 3.05) is 13.1 Å². The van der Waals surface area contributed by atoms with Gasteiger partial charge in [0.15, 0.2) is 0 Å². The molecule has 0 unspecified atom stereocenters. The van der Waals surface area contributed by atoms with Gasteiger partial charge in [0.2, 0.25) is 5.91 Å². The fourth-order valence-corrected chi connectivity index (χ4v) is 3.37. The number of carbonyl (C=O) groups excluding carboxylic acids is 1. The number of morpholine rings is 1. The number of hydrogen-bond acceptors (Lipinski definition) is 3. The molecule has 1 saturated heterocycles. The van der Waals surface area contributed by atoms with E-state index in [1.54, 1.807) is 6.20 Å². The summed E-state index contributed by atoms with van der Waals surface area (Å²) in [5.74, 6) is 0.818. The normalized spacial score (nSPS) is 24.1. The Morgan fingerprint density at radius 1 is 1.17 bits per heavy atom. The van der Waals surface area contributed by atoms with Gasteiger partial charge in [-0.15, -0.1) is 0 Å². The van der Waals surface area contributed by atoms with Crippen LogP contribution in [0.15, 0.2) is 48.8 Å². The lowest BCUT2D eigenvalue weighted by molar-refractivity contribution is -0.148. The highest BCUT2D eigenvalue weighted by molar-refractivity contribution is 5.76. The zero-order valence-electron chi connectivity index (χ0n) is 13.8. The van der Waals surface area contributed by atoms with Crippen molar-refractivity contribution in [2.24, 2.45) is 5.92 Å². The number of nitrogens with zero attached hydrogens (tertiary/aromatic N) is 3. The van der Waals surface area contributed by atoms with E-state index >= 15 is 0 Å². The van der Waals surface area contributed by atoms with Gasteiger partial charge >= 0.3 is 0 Å². The van der Waals surface area contributed by atoms with Gasteiger partial charge in [-0.3, -0.25) is 9.48 Å². The number of rotatable bonds is 5. The van der Waals surface area contributed by atoms with E-state index in [0.717, 1.165) is 12.1 Å². The van der Waals surface area contributed by atoms with Crippen molar-refractivity contribution in [3.05, 3.63) is 54.4 Å². The van der Waals surface area contributed by atoms with Crippen LogP contribution in [-0.4, -0.2) is 39.8 Å². The first-order chi connectivity index (χ1) is 11.8. The number of aryl methyl sites for hydroxylation is 1. The summed E-state index contributed by atoms with van der Waals surface area (Å²) in [6.07, 6.45) is 6.74. The van der Waals surface area contributed by atoms with Crippen LogP contribution in [0.1, 0.15) is 30.9 Å². The van der Waals surface area contributed by atoms with Gasteiger partial charge in [0.1, 0.15) is 6.10 Å². The van der Waals surface area contributed by atoms with Crippen LogP contribution in [0.5, 0.6) is 0 Å². The molecule has 2 aliphatic rings. The molecule has 1 saturated carbocycles. The topological polar surface area (TPSA) is 47.4 Å².